The van der Waals surface area contributed by atoms with E-state index in [0.29, 0.717) is 11.5 Å². The summed E-state index contributed by atoms with van der Waals surface area (Å²) in [6.07, 6.45) is 2.79. The molecule has 6 nitrogen and oxygen atoms in total. The van der Waals surface area contributed by atoms with Gasteiger partial charge in [0.15, 0.2) is 5.82 Å². The molecule has 1 heterocycles. The van der Waals surface area contributed by atoms with Crippen LogP contribution >= 0.6 is 23.2 Å². The highest BCUT2D eigenvalue weighted by Crippen LogP contribution is 2.28. The predicted octanol–water partition coefficient (Wildman–Crippen LogP) is 5.08. The molecule has 0 saturated carbocycles. The van der Waals surface area contributed by atoms with Gasteiger partial charge in [-0.3, -0.25) is 4.72 Å². The Morgan fingerprint density at radius 3 is 2.38 bits per heavy atom. The molecular formula is C21H16Cl2F2N4O2S. The van der Waals surface area contributed by atoms with Crippen molar-refractivity contribution in [3.63, 3.8) is 0 Å². The first-order valence-electron chi connectivity index (χ1n) is 9.13. The lowest BCUT2D eigenvalue weighted by atomic mass is 10.1. The smallest absolute Gasteiger partial charge is 0.263 e. The summed E-state index contributed by atoms with van der Waals surface area (Å²) in [6, 6.07) is 5.79. The Hall–Kier alpha value is -2.93. The number of nitrogens with one attached hydrogen (secondary N) is 2. The minimum absolute atomic E-state index is 0.111. The highest BCUT2D eigenvalue weighted by molar-refractivity contribution is 7.92. The van der Waals surface area contributed by atoms with Crippen LogP contribution in [0.1, 0.15) is 25.0 Å². The minimum Gasteiger partial charge on any atom is -0.352 e. The Labute approximate surface area is 194 Å². The van der Waals surface area contributed by atoms with Crippen molar-refractivity contribution in [1.82, 2.24) is 9.97 Å². The maximum Gasteiger partial charge on any atom is 0.263 e. The summed E-state index contributed by atoms with van der Waals surface area (Å²) in [5.41, 5.74) is -0.805. The number of nitrogens with zero attached hydrogens (tertiary/aromatic N) is 2. The molecule has 0 aliphatic heterocycles. The Morgan fingerprint density at radius 1 is 1.03 bits per heavy atom. The molecule has 2 aromatic carbocycles. The number of anilines is 2. The van der Waals surface area contributed by atoms with Crippen molar-refractivity contribution in [2.45, 2.75) is 24.8 Å². The molecule has 2 N–H and O–H groups in total. The molecule has 166 valence electrons. The van der Waals surface area contributed by atoms with Gasteiger partial charge in [-0.25, -0.2) is 27.2 Å². The minimum atomic E-state index is -4.30. The Kier molecular flexibility index (Phi) is 7.19. The van der Waals surface area contributed by atoms with Crippen LogP contribution in [0.5, 0.6) is 0 Å². The van der Waals surface area contributed by atoms with Gasteiger partial charge in [0.2, 0.25) is 5.95 Å². The summed E-state index contributed by atoms with van der Waals surface area (Å²) >= 11 is 11.8. The van der Waals surface area contributed by atoms with Crippen LogP contribution in [0.3, 0.4) is 0 Å². The second-order valence-electron chi connectivity index (χ2n) is 6.81. The van der Waals surface area contributed by atoms with E-state index in [1.54, 1.807) is 0 Å². The van der Waals surface area contributed by atoms with Crippen molar-refractivity contribution < 1.29 is 17.2 Å². The van der Waals surface area contributed by atoms with Gasteiger partial charge in [-0.15, -0.1) is 0 Å². The van der Waals surface area contributed by atoms with Crippen molar-refractivity contribution >= 4 is 44.9 Å². The quantitative estimate of drug-likeness (QED) is 0.481. The fraction of sp³-hybridized carbons (Fsp3) is 0.143. The van der Waals surface area contributed by atoms with Crippen molar-refractivity contribution in [3.05, 3.63) is 75.5 Å². The lowest BCUT2D eigenvalue weighted by Crippen LogP contribution is -2.15. The number of rotatable bonds is 5. The third kappa shape index (κ3) is 5.65. The molecule has 0 unspecified atom stereocenters. The molecule has 0 fully saturated rings. The number of benzene rings is 2. The van der Waals surface area contributed by atoms with Gasteiger partial charge in [0.1, 0.15) is 10.7 Å². The van der Waals surface area contributed by atoms with Gasteiger partial charge in [-0.2, -0.15) is 0 Å². The average molecular weight is 497 g/mol. The van der Waals surface area contributed by atoms with E-state index in [-0.39, 0.29) is 21.0 Å². The first kappa shape index (κ1) is 23.7. The number of hydrogen-bond acceptors (Lipinski definition) is 5. The van der Waals surface area contributed by atoms with E-state index in [1.165, 1.54) is 24.5 Å². The van der Waals surface area contributed by atoms with Gasteiger partial charge < -0.3 is 5.32 Å². The van der Waals surface area contributed by atoms with E-state index in [4.69, 9.17) is 23.2 Å². The van der Waals surface area contributed by atoms with Crippen LogP contribution in [0, 0.1) is 23.5 Å². The lowest BCUT2D eigenvalue weighted by Gasteiger charge is -2.11. The summed E-state index contributed by atoms with van der Waals surface area (Å²) < 4.78 is 56.4. The fourth-order valence-electron chi connectivity index (χ4n) is 2.49. The molecule has 3 aromatic rings. The van der Waals surface area contributed by atoms with Crippen LogP contribution in [0.25, 0.3) is 0 Å². The maximum absolute atomic E-state index is 14.9. The first-order valence-corrected chi connectivity index (χ1v) is 11.4. The fourth-order valence-corrected chi connectivity index (χ4v) is 4.31. The van der Waals surface area contributed by atoms with Crippen LogP contribution in [-0.2, 0) is 10.0 Å². The number of halogens is 4. The van der Waals surface area contributed by atoms with E-state index in [9.17, 15) is 17.2 Å². The molecule has 0 aliphatic carbocycles. The molecule has 0 saturated heterocycles. The van der Waals surface area contributed by atoms with Crippen LogP contribution in [0.2, 0.25) is 10.0 Å². The van der Waals surface area contributed by atoms with Crippen LogP contribution < -0.4 is 10.0 Å². The molecule has 0 aliphatic rings. The van der Waals surface area contributed by atoms with Crippen molar-refractivity contribution in [2.24, 2.45) is 0 Å². The van der Waals surface area contributed by atoms with Crippen LogP contribution in [0.15, 0.2) is 47.6 Å². The lowest BCUT2D eigenvalue weighted by molar-refractivity contribution is 0.578. The Morgan fingerprint density at radius 2 is 1.72 bits per heavy atom. The van der Waals surface area contributed by atoms with E-state index in [0.717, 1.165) is 18.2 Å². The van der Waals surface area contributed by atoms with Gasteiger partial charge in [0.25, 0.3) is 10.0 Å². The van der Waals surface area contributed by atoms with Gasteiger partial charge in [-0.1, -0.05) is 35.0 Å². The van der Waals surface area contributed by atoms with Crippen molar-refractivity contribution in [3.8, 4) is 11.8 Å². The Bertz CT molecular complexity index is 1320. The standard InChI is InChI=1S/C21H16Cl2F2N4O2S/c1-12(2)28-21-26-10-13(11-27-21)3-5-15-17(24)7-8-18(20(15)25)29-32(30,31)19-9-14(22)4-6-16(19)23/h4,6-12,29H,1-2H3,(H,26,27,28). The number of aromatic nitrogens is 2. The van der Waals surface area contributed by atoms with E-state index in [1.807, 2.05) is 18.6 Å². The zero-order valence-corrected chi connectivity index (χ0v) is 19.1. The highest BCUT2D eigenvalue weighted by atomic mass is 35.5. The van der Waals surface area contributed by atoms with Gasteiger partial charge in [0.05, 0.1) is 21.8 Å². The first-order chi connectivity index (χ1) is 15.1. The summed E-state index contributed by atoms with van der Waals surface area (Å²) in [5, 5.41) is 3.01. The molecule has 1 aromatic heterocycles. The second-order valence-corrected chi connectivity index (χ2v) is 9.30. The molecule has 0 atom stereocenters. The van der Waals surface area contributed by atoms with E-state index < -0.39 is 32.9 Å². The van der Waals surface area contributed by atoms with Gasteiger partial charge in [0, 0.05) is 23.5 Å². The van der Waals surface area contributed by atoms with E-state index in [2.05, 4.69) is 27.1 Å². The zero-order valence-electron chi connectivity index (χ0n) is 16.7. The maximum atomic E-state index is 14.9. The van der Waals surface area contributed by atoms with Crippen molar-refractivity contribution in [1.29, 1.82) is 0 Å². The molecule has 11 heteroatoms. The van der Waals surface area contributed by atoms with E-state index >= 15 is 0 Å². The SMILES string of the molecule is CC(C)Nc1ncc(C#Cc2c(F)ccc(NS(=O)(=O)c3cc(Cl)ccc3Cl)c2F)cn1. The highest BCUT2D eigenvalue weighted by Gasteiger charge is 2.22. The average Bonchev–Trinajstić information content (AvgIpc) is 2.72. The molecule has 0 radical (unpaired) electrons. The predicted molar refractivity (Wildman–Crippen MR) is 120 cm³/mol. The molecular weight excluding hydrogens is 481 g/mol. The molecule has 0 amide bonds. The molecule has 3 rings (SSSR count). The summed E-state index contributed by atoms with van der Waals surface area (Å²) in [5.74, 6) is 3.17. The van der Waals surface area contributed by atoms with Gasteiger partial charge in [-0.05, 0) is 44.2 Å². The van der Waals surface area contributed by atoms with Crippen LogP contribution in [-0.4, -0.2) is 24.4 Å². The second kappa shape index (κ2) is 9.69. The normalized spacial score (nSPS) is 11.1. The van der Waals surface area contributed by atoms with Gasteiger partial charge >= 0.3 is 0 Å². The summed E-state index contributed by atoms with van der Waals surface area (Å²) in [6.45, 7) is 3.84. The summed E-state index contributed by atoms with van der Waals surface area (Å²) in [7, 11) is -4.30. The third-order valence-corrected chi connectivity index (χ3v) is 6.00. The topological polar surface area (TPSA) is 84.0 Å². The molecule has 0 spiro atoms. The largest absolute Gasteiger partial charge is 0.352 e. The van der Waals surface area contributed by atoms with Crippen LogP contribution in [0.4, 0.5) is 20.4 Å². The molecule has 32 heavy (non-hydrogen) atoms. The monoisotopic (exact) mass is 496 g/mol. The summed E-state index contributed by atoms with van der Waals surface area (Å²) in [4.78, 5) is 7.78. The van der Waals surface area contributed by atoms with Crippen molar-refractivity contribution in [2.75, 3.05) is 10.0 Å². The zero-order chi connectivity index (χ0) is 23.5. The number of sulfonamides is 1. The Balaban J connectivity index is 1.91. The number of hydrogen-bond donors (Lipinski definition) is 2. The third-order valence-electron chi connectivity index (χ3n) is 3.92. The molecule has 0 bridgehead atoms.